The van der Waals surface area contributed by atoms with E-state index in [1.54, 1.807) is 0 Å². The number of rotatable bonds is 5. The first-order valence-electron chi connectivity index (χ1n) is 8.84. The average molecular weight is 426 g/mol. The van der Waals surface area contributed by atoms with Crippen molar-refractivity contribution in [3.05, 3.63) is 89.2 Å². The Hall–Kier alpha value is -1.75. The van der Waals surface area contributed by atoms with Crippen molar-refractivity contribution in [2.45, 2.75) is 32.1 Å². The minimum atomic E-state index is -1.72. The predicted molar refractivity (Wildman–Crippen MR) is 115 cm³/mol. The lowest BCUT2D eigenvalue weighted by Gasteiger charge is -2.33. The van der Waals surface area contributed by atoms with Gasteiger partial charge in [0.2, 0.25) is 0 Å². The van der Waals surface area contributed by atoms with E-state index in [0.717, 1.165) is 10.3 Å². The third-order valence-corrected chi connectivity index (χ3v) is 7.86. The van der Waals surface area contributed by atoms with Crippen LogP contribution in [0, 0.1) is 0 Å². The lowest BCUT2D eigenvalue weighted by molar-refractivity contribution is -0.0280. The van der Waals surface area contributed by atoms with Gasteiger partial charge in [-0.15, -0.1) is 0 Å². The molecule has 0 spiro atoms. The van der Waals surface area contributed by atoms with Crippen LogP contribution in [0.15, 0.2) is 83.5 Å². The Kier molecular flexibility index (Phi) is 6.07. The first-order valence-corrected chi connectivity index (χ1v) is 11.5. The van der Waals surface area contributed by atoms with E-state index < -0.39 is 8.80 Å². The molecule has 2 nitrogen and oxygen atoms in total. The lowest BCUT2D eigenvalue weighted by Crippen LogP contribution is -2.50. The Bertz CT molecular complexity index is 794. The van der Waals surface area contributed by atoms with Crippen molar-refractivity contribution in [3.63, 3.8) is 0 Å². The minimum Gasteiger partial charge on any atom is -0.369 e. The van der Waals surface area contributed by atoms with Crippen LogP contribution in [0.3, 0.4) is 0 Å². The number of benzene rings is 2. The van der Waals surface area contributed by atoms with Gasteiger partial charge in [0.15, 0.2) is 0 Å². The molecule has 0 aliphatic heterocycles. The summed E-state index contributed by atoms with van der Waals surface area (Å²) in [6.45, 7) is 6.33. The molecule has 0 bridgehead atoms. The molecule has 3 rings (SSSR count). The maximum atomic E-state index is 6.63. The molecular weight excluding hydrogens is 402 g/mol. The zero-order valence-corrected chi connectivity index (χ0v) is 18.1. The van der Waals surface area contributed by atoms with E-state index >= 15 is 0 Å². The average Bonchev–Trinajstić information content (AvgIpc) is 2.62. The van der Waals surface area contributed by atoms with E-state index in [1.165, 1.54) is 10.4 Å². The number of halogens is 1. The van der Waals surface area contributed by atoms with Gasteiger partial charge in [-0.3, -0.25) is 0 Å². The molecule has 0 saturated heterocycles. The predicted octanol–water partition coefficient (Wildman–Crippen LogP) is 4.28. The summed E-state index contributed by atoms with van der Waals surface area (Å²) in [5.41, 5.74) is 0.666. The topological polar surface area (TPSA) is 22.1 Å². The molecule has 0 N–H and O–H groups in total. The summed E-state index contributed by atoms with van der Waals surface area (Å²) in [6.07, 6.45) is 0. The number of nitrogens with zero attached hydrogens (tertiary/aromatic N) is 1. The van der Waals surface area contributed by atoms with Crippen LogP contribution in [0.4, 0.5) is 0 Å². The number of hydrogen-bond donors (Lipinski definition) is 0. The van der Waals surface area contributed by atoms with Gasteiger partial charge in [-0.25, -0.2) is 4.98 Å². The number of ether oxygens (including phenoxy) is 1. The summed E-state index contributed by atoms with van der Waals surface area (Å²) in [4.78, 5) is 4.76. The zero-order valence-electron chi connectivity index (χ0n) is 15.4. The Morgan fingerprint density at radius 1 is 0.808 bits per heavy atom. The van der Waals surface area contributed by atoms with Crippen LogP contribution in [0.1, 0.15) is 32.2 Å². The van der Waals surface area contributed by atoms with Gasteiger partial charge in [-0.2, -0.15) is 0 Å². The van der Waals surface area contributed by atoms with E-state index in [1.807, 2.05) is 12.1 Å². The fraction of sp³-hybridized carbons (Fsp3) is 0.227. The SMILES string of the molecule is CC(C)(C)OC(c1cccc(Br)n1)[SiH](c1ccccc1)c1ccccc1. The largest absolute Gasteiger partial charge is 0.369 e. The fourth-order valence-corrected chi connectivity index (χ4v) is 6.91. The van der Waals surface area contributed by atoms with Crippen molar-refractivity contribution >= 4 is 35.1 Å². The van der Waals surface area contributed by atoms with Gasteiger partial charge in [0.25, 0.3) is 0 Å². The second-order valence-corrected chi connectivity index (χ2v) is 11.0. The highest BCUT2D eigenvalue weighted by atomic mass is 79.9. The summed E-state index contributed by atoms with van der Waals surface area (Å²) in [5.74, 6) is 0. The normalized spacial score (nSPS) is 13.0. The standard InChI is InChI=1S/C22H24BrNOSi/c1-22(2,3)25-21(19-15-10-16-20(23)24-19)26(17-11-6-4-7-12-17)18-13-8-5-9-14-18/h4-16,21,26H,1-3H3. The molecular formula is C22H24BrNOSi. The highest BCUT2D eigenvalue weighted by Crippen LogP contribution is 2.26. The highest BCUT2D eigenvalue weighted by molar-refractivity contribution is 9.10. The van der Waals surface area contributed by atoms with Crippen molar-refractivity contribution in [2.75, 3.05) is 0 Å². The lowest BCUT2D eigenvalue weighted by atomic mass is 10.2. The van der Waals surface area contributed by atoms with Crippen LogP contribution >= 0.6 is 15.9 Å². The maximum Gasteiger partial charge on any atom is 0.142 e. The van der Waals surface area contributed by atoms with E-state index in [-0.39, 0.29) is 11.3 Å². The van der Waals surface area contributed by atoms with Gasteiger partial charge in [-0.1, -0.05) is 77.1 Å². The van der Waals surface area contributed by atoms with Crippen molar-refractivity contribution in [1.82, 2.24) is 4.98 Å². The second-order valence-electron chi connectivity index (χ2n) is 7.34. The molecule has 3 aromatic rings. The Morgan fingerprint density at radius 2 is 1.35 bits per heavy atom. The monoisotopic (exact) mass is 425 g/mol. The number of pyridine rings is 1. The van der Waals surface area contributed by atoms with Gasteiger partial charge >= 0.3 is 0 Å². The number of hydrogen-bond acceptors (Lipinski definition) is 2. The van der Waals surface area contributed by atoms with Crippen LogP contribution in [-0.2, 0) is 4.74 Å². The van der Waals surface area contributed by atoms with E-state index in [0.29, 0.717) is 0 Å². The van der Waals surface area contributed by atoms with Gasteiger partial charge in [0.05, 0.1) is 17.0 Å². The fourth-order valence-electron chi connectivity index (χ4n) is 3.13. The summed E-state index contributed by atoms with van der Waals surface area (Å²) >= 11 is 3.52. The molecule has 1 atom stereocenters. The maximum absolute atomic E-state index is 6.63. The van der Waals surface area contributed by atoms with Crippen LogP contribution in [0.5, 0.6) is 0 Å². The van der Waals surface area contributed by atoms with Crippen LogP contribution in [0.2, 0.25) is 0 Å². The quantitative estimate of drug-likeness (QED) is 0.449. The summed E-state index contributed by atoms with van der Waals surface area (Å²) in [7, 11) is -1.72. The first-order chi connectivity index (χ1) is 12.4. The van der Waals surface area contributed by atoms with Gasteiger partial charge < -0.3 is 4.74 Å². The molecule has 2 aromatic carbocycles. The Balaban J connectivity index is 2.15. The molecule has 134 valence electrons. The molecule has 0 aliphatic rings. The molecule has 0 radical (unpaired) electrons. The smallest absolute Gasteiger partial charge is 0.142 e. The molecule has 0 saturated carbocycles. The molecule has 1 heterocycles. The molecule has 26 heavy (non-hydrogen) atoms. The number of aromatic nitrogens is 1. The van der Waals surface area contributed by atoms with Crippen molar-refractivity contribution in [3.8, 4) is 0 Å². The highest BCUT2D eigenvalue weighted by Gasteiger charge is 2.33. The summed E-state index contributed by atoms with van der Waals surface area (Å²) < 4.78 is 7.47. The molecule has 0 amide bonds. The van der Waals surface area contributed by atoms with Crippen molar-refractivity contribution in [2.24, 2.45) is 0 Å². The van der Waals surface area contributed by atoms with Crippen molar-refractivity contribution < 1.29 is 4.74 Å². The summed E-state index contributed by atoms with van der Waals surface area (Å²) in [5, 5.41) is 2.71. The van der Waals surface area contributed by atoms with Crippen LogP contribution < -0.4 is 10.4 Å². The van der Waals surface area contributed by atoms with E-state index in [4.69, 9.17) is 9.72 Å². The van der Waals surface area contributed by atoms with Gasteiger partial charge in [0.1, 0.15) is 13.4 Å². The van der Waals surface area contributed by atoms with Crippen LogP contribution in [-0.4, -0.2) is 19.4 Å². The third-order valence-electron chi connectivity index (χ3n) is 4.13. The van der Waals surface area contributed by atoms with E-state index in [9.17, 15) is 0 Å². The Morgan fingerprint density at radius 3 is 1.81 bits per heavy atom. The van der Waals surface area contributed by atoms with Crippen molar-refractivity contribution in [1.29, 1.82) is 0 Å². The minimum absolute atomic E-state index is 0.0581. The molecule has 0 aliphatic carbocycles. The second kappa shape index (κ2) is 8.29. The molecule has 0 fully saturated rings. The third kappa shape index (κ3) is 4.91. The molecule has 1 aromatic heterocycles. The van der Waals surface area contributed by atoms with Gasteiger partial charge in [0, 0.05) is 0 Å². The van der Waals surface area contributed by atoms with Gasteiger partial charge in [-0.05, 0) is 48.8 Å². The first kappa shape index (κ1) is 19.0. The van der Waals surface area contributed by atoms with E-state index in [2.05, 4.69) is 103 Å². The molecule has 1 unspecified atom stereocenters. The van der Waals surface area contributed by atoms with Crippen LogP contribution in [0.25, 0.3) is 0 Å². The molecule has 4 heteroatoms. The zero-order chi connectivity index (χ0) is 18.6. The summed E-state index contributed by atoms with van der Waals surface area (Å²) in [6, 6.07) is 27.5. The Labute approximate surface area is 166 Å².